The van der Waals surface area contributed by atoms with Gasteiger partial charge in [-0.25, -0.2) is 0 Å². The fourth-order valence-electron chi connectivity index (χ4n) is 2.84. The lowest BCUT2D eigenvalue weighted by Gasteiger charge is -2.41. The fraction of sp³-hybridized carbons (Fsp3) is 0.429. The number of ketones is 1. The van der Waals surface area contributed by atoms with Crippen molar-refractivity contribution in [2.45, 2.75) is 0 Å². The summed E-state index contributed by atoms with van der Waals surface area (Å²) in [5.74, 6) is 0.653. The van der Waals surface area contributed by atoms with E-state index in [9.17, 15) is 4.79 Å². The number of nitrogens with zero attached hydrogens (tertiary/aromatic N) is 2. The average Bonchev–Trinajstić information content (AvgIpc) is 2.38. The first-order valence-corrected chi connectivity index (χ1v) is 6.27. The van der Waals surface area contributed by atoms with Crippen LogP contribution in [0.2, 0.25) is 0 Å². The Morgan fingerprint density at radius 1 is 1.17 bits per heavy atom. The SMILES string of the molecule is N#Cc1ccc(N2CC3CNCC(C2)C3=O)cc1. The van der Waals surface area contributed by atoms with Crippen molar-refractivity contribution < 1.29 is 4.79 Å². The molecule has 2 heterocycles. The predicted octanol–water partition coefficient (Wildman–Crippen LogP) is 0.783. The van der Waals surface area contributed by atoms with Crippen molar-refractivity contribution in [3.05, 3.63) is 29.8 Å². The minimum absolute atomic E-state index is 0.119. The number of hydrogen-bond acceptors (Lipinski definition) is 4. The van der Waals surface area contributed by atoms with Gasteiger partial charge in [-0.05, 0) is 24.3 Å². The summed E-state index contributed by atoms with van der Waals surface area (Å²) < 4.78 is 0. The Bertz CT molecular complexity index is 487. The molecule has 3 rings (SSSR count). The van der Waals surface area contributed by atoms with Crippen molar-refractivity contribution in [2.24, 2.45) is 11.8 Å². The van der Waals surface area contributed by atoms with Gasteiger partial charge in [0, 0.05) is 43.7 Å². The number of nitriles is 1. The summed E-state index contributed by atoms with van der Waals surface area (Å²) in [6.07, 6.45) is 0. The second kappa shape index (κ2) is 4.43. The number of nitrogens with one attached hydrogen (secondary N) is 1. The lowest BCUT2D eigenvalue weighted by Crippen LogP contribution is -2.57. The van der Waals surface area contributed by atoms with Gasteiger partial charge in [0.1, 0.15) is 5.78 Å². The molecular weight excluding hydrogens is 226 g/mol. The fourth-order valence-corrected chi connectivity index (χ4v) is 2.84. The number of benzene rings is 1. The van der Waals surface area contributed by atoms with Crippen molar-refractivity contribution in [1.29, 1.82) is 5.26 Å². The molecular formula is C14H15N3O. The van der Waals surface area contributed by atoms with Crippen molar-refractivity contribution in [3.8, 4) is 6.07 Å². The lowest BCUT2D eigenvalue weighted by atomic mass is 9.84. The monoisotopic (exact) mass is 241 g/mol. The van der Waals surface area contributed by atoms with E-state index in [0.717, 1.165) is 31.9 Å². The maximum Gasteiger partial charge on any atom is 0.145 e. The summed E-state index contributed by atoms with van der Waals surface area (Å²) >= 11 is 0. The van der Waals surface area contributed by atoms with E-state index < -0.39 is 0 Å². The molecule has 4 nitrogen and oxygen atoms in total. The van der Waals surface area contributed by atoms with E-state index in [1.807, 2.05) is 24.3 Å². The van der Waals surface area contributed by atoms with Crippen molar-refractivity contribution in [1.82, 2.24) is 5.32 Å². The van der Waals surface area contributed by atoms with Crippen LogP contribution in [0.3, 0.4) is 0 Å². The molecule has 2 saturated heterocycles. The summed E-state index contributed by atoms with van der Waals surface area (Å²) in [5, 5.41) is 12.1. The Balaban J connectivity index is 1.81. The van der Waals surface area contributed by atoms with Gasteiger partial charge in [0.15, 0.2) is 0 Å². The van der Waals surface area contributed by atoms with E-state index in [-0.39, 0.29) is 11.8 Å². The Kier molecular flexibility index (Phi) is 2.77. The molecule has 2 unspecified atom stereocenters. The third-order valence-corrected chi connectivity index (χ3v) is 3.83. The number of Topliss-reactive ketones (excluding diaryl/α,β-unsaturated/α-hetero) is 1. The topological polar surface area (TPSA) is 56.1 Å². The zero-order valence-electron chi connectivity index (χ0n) is 10.1. The second-order valence-electron chi connectivity index (χ2n) is 5.02. The number of anilines is 1. The molecule has 2 fully saturated rings. The molecule has 2 atom stereocenters. The molecule has 0 aromatic heterocycles. The van der Waals surface area contributed by atoms with E-state index in [1.54, 1.807) is 0 Å². The highest BCUT2D eigenvalue weighted by Crippen LogP contribution is 2.26. The molecule has 1 N–H and O–H groups in total. The highest BCUT2D eigenvalue weighted by molar-refractivity contribution is 5.87. The van der Waals surface area contributed by atoms with Crippen LogP contribution in [-0.2, 0) is 4.79 Å². The summed E-state index contributed by atoms with van der Waals surface area (Å²) in [6.45, 7) is 3.16. The summed E-state index contributed by atoms with van der Waals surface area (Å²) in [4.78, 5) is 14.2. The van der Waals surface area contributed by atoms with Crippen LogP contribution in [0.1, 0.15) is 5.56 Å². The molecule has 2 bridgehead atoms. The van der Waals surface area contributed by atoms with Gasteiger partial charge in [-0.15, -0.1) is 0 Å². The minimum atomic E-state index is 0.119. The summed E-state index contributed by atoms with van der Waals surface area (Å²) in [6, 6.07) is 9.73. The molecule has 92 valence electrons. The summed E-state index contributed by atoms with van der Waals surface area (Å²) in [7, 11) is 0. The average molecular weight is 241 g/mol. The predicted molar refractivity (Wildman–Crippen MR) is 68.2 cm³/mol. The van der Waals surface area contributed by atoms with Gasteiger partial charge < -0.3 is 10.2 Å². The highest BCUT2D eigenvalue weighted by Gasteiger charge is 2.37. The van der Waals surface area contributed by atoms with Crippen LogP contribution < -0.4 is 10.2 Å². The summed E-state index contributed by atoms with van der Waals surface area (Å²) in [5.41, 5.74) is 1.78. The first-order chi connectivity index (χ1) is 8.78. The third kappa shape index (κ3) is 1.87. The Morgan fingerprint density at radius 2 is 1.78 bits per heavy atom. The Labute approximate surface area is 106 Å². The standard InChI is InChI=1S/C14H15N3O/c15-5-10-1-3-13(4-2-10)17-8-11-6-16-7-12(9-17)14(11)18/h1-4,11-12,16H,6-9H2. The van der Waals surface area contributed by atoms with Crippen LogP contribution >= 0.6 is 0 Å². The van der Waals surface area contributed by atoms with E-state index in [1.165, 1.54) is 0 Å². The molecule has 1 aromatic rings. The van der Waals surface area contributed by atoms with Crippen molar-refractivity contribution in [2.75, 3.05) is 31.1 Å². The molecule has 2 aliphatic rings. The normalized spacial score (nSPS) is 26.8. The molecule has 18 heavy (non-hydrogen) atoms. The highest BCUT2D eigenvalue weighted by atomic mass is 16.1. The van der Waals surface area contributed by atoms with Crippen LogP contribution in [0, 0.1) is 23.2 Å². The number of fused-ring (bicyclic) bond motifs is 2. The van der Waals surface area contributed by atoms with Crippen LogP contribution in [0.15, 0.2) is 24.3 Å². The van der Waals surface area contributed by atoms with E-state index in [0.29, 0.717) is 11.3 Å². The quantitative estimate of drug-likeness (QED) is 0.789. The number of carbonyl (C=O) groups is 1. The van der Waals surface area contributed by atoms with E-state index in [4.69, 9.17) is 5.26 Å². The number of piperidine rings is 2. The van der Waals surface area contributed by atoms with E-state index in [2.05, 4.69) is 16.3 Å². The van der Waals surface area contributed by atoms with Gasteiger partial charge >= 0.3 is 0 Å². The smallest absolute Gasteiger partial charge is 0.145 e. The van der Waals surface area contributed by atoms with Crippen LogP contribution in [0.4, 0.5) is 5.69 Å². The molecule has 4 heteroatoms. The Hall–Kier alpha value is -1.86. The molecule has 2 aliphatic heterocycles. The molecule has 0 spiro atoms. The molecule has 0 saturated carbocycles. The van der Waals surface area contributed by atoms with Gasteiger partial charge in [-0.1, -0.05) is 0 Å². The van der Waals surface area contributed by atoms with Crippen molar-refractivity contribution in [3.63, 3.8) is 0 Å². The zero-order chi connectivity index (χ0) is 12.5. The minimum Gasteiger partial charge on any atom is -0.370 e. The van der Waals surface area contributed by atoms with Gasteiger partial charge in [-0.2, -0.15) is 5.26 Å². The van der Waals surface area contributed by atoms with Gasteiger partial charge in [0.2, 0.25) is 0 Å². The zero-order valence-corrected chi connectivity index (χ0v) is 10.1. The van der Waals surface area contributed by atoms with Crippen molar-refractivity contribution >= 4 is 11.5 Å². The van der Waals surface area contributed by atoms with E-state index >= 15 is 0 Å². The number of carbonyl (C=O) groups excluding carboxylic acids is 1. The Morgan fingerprint density at radius 3 is 2.33 bits per heavy atom. The van der Waals surface area contributed by atoms with Crippen LogP contribution in [-0.4, -0.2) is 32.0 Å². The maximum absolute atomic E-state index is 12.0. The number of rotatable bonds is 1. The molecule has 0 aliphatic carbocycles. The van der Waals surface area contributed by atoms with Gasteiger partial charge in [0.25, 0.3) is 0 Å². The largest absolute Gasteiger partial charge is 0.370 e. The molecule has 0 radical (unpaired) electrons. The van der Waals surface area contributed by atoms with Crippen LogP contribution in [0.25, 0.3) is 0 Å². The first-order valence-electron chi connectivity index (χ1n) is 6.27. The molecule has 1 aromatic carbocycles. The van der Waals surface area contributed by atoms with Gasteiger partial charge in [0.05, 0.1) is 11.6 Å². The first kappa shape index (κ1) is 11.2. The maximum atomic E-state index is 12.0. The number of hydrogen-bond donors (Lipinski definition) is 1. The van der Waals surface area contributed by atoms with Crippen LogP contribution in [0.5, 0.6) is 0 Å². The lowest BCUT2D eigenvalue weighted by molar-refractivity contribution is -0.129. The third-order valence-electron chi connectivity index (χ3n) is 3.83. The second-order valence-corrected chi connectivity index (χ2v) is 5.02. The molecule has 0 amide bonds. The van der Waals surface area contributed by atoms with Gasteiger partial charge in [-0.3, -0.25) is 4.79 Å².